The highest BCUT2D eigenvalue weighted by Crippen LogP contribution is 2.33. The summed E-state index contributed by atoms with van der Waals surface area (Å²) < 4.78 is 13.2. The second kappa shape index (κ2) is 6.80. The van der Waals surface area contributed by atoms with E-state index in [1.807, 2.05) is 6.92 Å². The van der Waals surface area contributed by atoms with Crippen molar-refractivity contribution in [1.29, 1.82) is 0 Å². The van der Waals surface area contributed by atoms with Crippen molar-refractivity contribution in [2.24, 2.45) is 0 Å². The normalized spacial score (nSPS) is 15.9. The molecule has 0 aliphatic heterocycles. The van der Waals surface area contributed by atoms with Crippen molar-refractivity contribution in [2.45, 2.75) is 56.0 Å². The Morgan fingerprint density at radius 2 is 2.04 bits per heavy atom. The molecule has 3 aromatic heterocycles. The molecule has 0 aromatic carbocycles. The van der Waals surface area contributed by atoms with E-state index in [2.05, 4.69) is 25.0 Å². The van der Waals surface area contributed by atoms with Gasteiger partial charge in [0.05, 0.1) is 12.0 Å². The Bertz CT molecular complexity index is 789. The highest BCUT2D eigenvalue weighted by Gasteiger charge is 2.22. The highest BCUT2D eigenvalue weighted by molar-refractivity contribution is 7.98. The lowest BCUT2D eigenvalue weighted by Gasteiger charge is -2.24. The van der Waals surface area contributed by atoms with Crippen LogP contribution in [0.1, 0.15) is 49.9 Å². The number of thioether (sulfide) groups is 1. The topological polar surface area (TPSA) is 82.8 Å². The molecule has 0 radical (unpaired) electrons. The van der Waals surface area contributed by atoms with Crippen molar-refractivity contribution in [3.63, 3.8) is 0 Å². The summed E-state index contributed by atoms with van der Waals surface area (Å²) in [5.41, 5.74) is 0. The van der Waals surface area contributed by atoms with E-state index < -0.39 is 0 Å². The molecule has 0 amide bonds. The Labute approximate surface area is 143 Å². The lowest BCUT2D eigenvalue weighted by molar-refractivity contribution is 0.332. The fraction of sp³-hybridized carbons (Fsp3) is 0.500. The number of nitrogens with zero attached hydrogens (tertiary/aromatic N) is 5. The summed E-state index contributed by atoms with van der Waals surface area (Å²) >= 11 is 1.59. The van der Waals surface area contributed by atoms with Crippen LogP contribution in [0.2, 0.25) is 0 Å². The van der Waals surface area contributed by atoms with Crippen LogP contribution in [0.4, 0.5) is 0 Å². The largest absolute Gasteiger partial charge is 0.459 e. The van der Waals surface area contributed by atoms with Crippen LogP contribution in [-0.2, 0) is 5.75 Å². The van der Waals surface area contributed by atoms with Gasteiger partial charge >= 0.3 is 0 Å². The first-order valence-corrected chi connectivity index (χ1v) is 9.20. The summed E-state index contributed by atoms with van der Waals surface area (Å²) in [6.07, 6.45) is 7.89. The van der Waals surface area contributed by atoms with Gasteiger partial charge < -0.3 is 13.4 Å². The zero-order valence-electron chi connectivity index (χ0n) is 13.5. The second-order valence-electron chi connectivity index (χ2n) is 5.96. The predicted molar refractivity (Wildman–Crippen MR) is 88.4 cm³/mol. The van der Waals surface area contributed by atoms with E-state index >= 15 is 0 Å². The summed E-state index contributed by atoms with van der Waals surface area (Å²) in [4.78, 5) is 0. The van der Waals surface area contributed by atoms with Crippen molar-refractivity contribution < 1.29 is 8.83 Å². The molecule has 1 aliphatic carbocycles. The van der Waals surface area contributed by atoms with E-state index in [-0.39, 0.29) is 0 Å². The Kier molecular flexibility index (Phi) is 4.38. The van der Waals surface area contributed by atoms with Crippen LogP contribution in [-0.4, -0.2) is 25.0 Å². The minimum atomic E-state index is 0.403. The number of rotatable bonds is 5. The summed E-state index contributed by atoms with van der Waals surface area (Å²) in [6.45, 7) is 2.02. The number of aryl methyl sites for hydroxylation is 1. The van der Waals surface area contributed by atoms with Gasteiger partial charge in [-0.25, -0.2) is 0 Å². The Hall–Kier alpha value is -2.09. The molecule has 0 spiro atoms. The van der Waals surface area contributed by atoms with Crippen LogP contribution in [0, 0.1) is 6.92 Å². The van der Waals surface area contributed by atoms with Gasteiger partial charge in [0.1, 0.15) is 5.82 Å². The van der Waals surface area contributed by atoms with Crippen molar-refractivity contribution in [2.75, 3.05) is 0 Å². The molecular weight excluding hydrogens is 326 g/mol. The zero-order chi connectivity index (χ0) is 16.4. The Morgan fingerprint density at radius 1 is 1.17 bits per heavy atom. The summed E-state index contributed by atoms with van der Waals surface area (Å²) in [5, 5.41) is 17.6. The van der Waals surface area contributed by atoms with Crippen LogP contribution in [0.5, 0.6) is 0 Å². The molecule has 0 N–H and O–H groups in total. The maximum absolute atomic E-state index is 5.65. The molecule has 0 atom stereocenters. The van der Waals surface area contributed by atoms with Crippen molar-refractivity contribution in [1.82, 2.24) is 25.0 Å². The van der Waals surface area contributed by atoms with Gasteiger partial charge in [-0.2, -0.15) is 0 Å². The van der Waals surface area contributed by atoms with E-state index in [4.69, 9.17) is 8.83 Å². The van der Waals surface area contributed by atoms with E-state index in [9.17, 15) is 0 Å². The lowest BCUT2D eigenvalue weighted by atomic mass is 9.95. The minimum absolute atomic E-state index is 0.403. The molecule has 8 heteroatoms. The molecule has 126 valence electrons. The van der Waals surface area contributed by atoms with Gasteiger partial charge in [-0.15, -0.1) is 20.4 Å². The molecule has 0 unspecified atom stereocenters. The van der Waals surface area contributed by atoms with E-state index in [1.165, 1.54) is 32.1 Å². The fourth-order valence-corrected chi connectivity index (χ4v) is 4.03. The smallest absolute Gasteiger partial charge is 0.283 e. The lowest BCUT2D eigenvalue weighted by Crippen LogP contribution is -2.15. The maximum atomic E-state index is 5.65. The number of hydrogen-bond acceptors (Lipinski definition) is 7. The van der Waals surface area contributed by atoms with E-state index in [1.54, 1.807) is 30.2 Å². The summed E-state index contributed by atoms with van der Waals surface area (Å²) in [7, 11) is 0. The van der Waals surface area contributed by atoms with Crippen LogP contribution in [0.3, 0.4) is 0 Å². The third-order valence-electron chi connectivity index (χ3n) is 4.30. The molecule has 1 aliphatic rings. The average molecular weight is 345 g/mol. The summed E-state index contributed by atoms with van der Waals surface area (Å²) in [6, 6.07) is 4.11. The Balaban J connectivity index is 1.46. The fourth-order valence-electron chi connectivity index (χ4n) is 3.15. The first kappa shape index (κ1) is 15.4. The molecule has 7 nitrogen and oxygen atoms in total. The monoisotopic (exact) mass is 345 g/mol. The third-order valence-corrected chi connectivity index (χ3v) is 5.23. The second-order valence-corrected chi connectivity index (χ2v) is 6.90. The summed E-state index contributed by atoms with van der Waals surface area (Å²) in [5.74, 6) is 3.09. The maximum Gasteiger partial charge on any atom is 0.283 e. The molecule has 3 aromatic rings. The molecule has 0 bridgehead atoms. The first-order chi connectivity index (χ1) is 11.8. The number of furan rings is 1. The predicted octanol–water partition coefficient (Wildman–Crippen LogP) is 4.03. The van der Waals surface area contributed by atoms with Crippen LogP contribution >= 0.6 is 11.8 Å². The SMILES string of the molecule is Cc1nnc(SCc2nnc(-c3ccco3)o2)n1C1CCCCC1. The average Bonchev–Trinajstić information content (AvgIpc) is 3.34. The van der Waals surface area contributed by atoms with Crippen LogP contribution < -0.4 is 0 Å². The number of aromatic nitrogens is 5. The Morgan fingerprint density at radius 3 is 2.83 bits per heavy atom. The molecule has 3 heterocycles. The standard InChI is InChI=1S/C16H19N5O2S/c1-11-17-20-16(21(11)12-6-3-2-4-7-12)24-10-14-18-19-15(23-14)13-8-5-9-22-13/h5,8-9,12H,2-4,6-7,10H2,1H3. The first-order valence-electron chi connectivity index (χ1n) is 8.22. The quantitative estimate of drug-likeness (QED) is 0.646. The van der Waals surface area contributed by atoms with Gasteiger partial charge in [-0.3, -0.25) is 0 Å². The molecular formula is C16H19N5O2S. The zero-order valence-corrected chi connectivity index (χ0v) is 14.3. The highest BCUT2D eigenvalue weighted by atomic mass is 32.2. The van der Waals surface area contributed by atoms with Crippen molar-refractivity contribution in [3.05, 3.63) is 30.1 Å². The van der Waals surface area contributed by atoms with Crippen LogP contribution in [0.25, 0.3) is 11.7 Å². The third kappa shape index (κ3) is 3.10. The van der Waals surface area contributed by atoms with Gasteiger partial charge in [0.25, 0.3) is 5.89 Å². The minimum Gasteiger partial charge on any atom is -0.459 e. The molecule has 4 rings (SSSR count). The van der Waals surface area contributed by atoms with Gasteiger partial charge in [0.2, 0.25) is 5.89 Å². The van der Waals surface area contributed by atoms with Crippen molar-refractivity contribution in [3.8, 4) is 11.7 Å². The molecule has 1 saturated carbocycles. The molecule has 24 heavy (non-hydrogen) atoms. The van der Waals surface area contributed by atoms with Gasteiger partial charge in [-0.05, 0) is 31.9 Å². The van der Waals surface area contributed by atoms with Crippen LogP contribution in [0.15, 0.2) is 32.4 Å². The van der Waals surface area contributed by atoms with E-state index in [0.717, 1.165) is 11.0 Å². The number of hydrogen-bond donors (Lipinski definition) is 0. The van der Waals surface area contributed by atoms with Crippen molar-refractivity contribution >= 4 is 11.8 Å². The van der Waals surface area contributed by atoms with Gasteiger partial charge in [0, 0.05) is 6.04 Å². The van der Waals surface area contributed by atoms with Gasteiger partial charge in [0.15, 0.2) is 10.9 Å². The van der Waals surface area contributed by atoms with E-state index in [0.29, 0.717) is 29.3 Å². The molecule has 0 saturated heterocycles. The van der Waals surface area contributed by atoms with Gasteiger partial charge in [-0.1, -0.05) is 31.0 Å². The molecule has 1 fully saturated rings.